The molecular weight excluding hydrogens is 221 g/mol. The van der Waals surface area contributed by atoms with Gasteiger partial charge in [-0.25, -0.2) is 4.39 Å². The molecule has 0 aromatic heterocycles. The minimum absolute atomic E-state index is 0.174. The molecule has 0 fully saturated rings. The lowest BCUT2D eigenvalue weighted by Crippen LogP contribution is -1.98. The fraction of sp³-hybridized carbons (Fsp3) is 0.538. The molecule has 0 radical (unpaired) electrons. The maximum absolute atomic E-state index is 13.2. The number of rotatable bonds is 7. The van der Waals surface area contributed by atoms with Crippen LogP contribution >= 0.6 is 11.8 Å². The van der Waals surface area contributed by atoms with E-state index >= 15 is 0 Å². The molecule has 1 nitrogen and oxygen atoms in total. The smallest absolute Gasteiger partial charge is 0.123 e. The minimum atomic E-state index is -0.174. The second-order valence-corrected chi connectivity index (χ2v) is 5.04. The van der Waals surface area contributed by atoms with E-state index in [0.717, 1.165) is 22.6 Å². The topological polar surface area (TPSA) is 26.0 Å². The summed E-state index contributed by atoms with van der Waals surface area (Å²) in [5.74, 6) is 1.86. The van der Waals surface area contributed by atoms with Gasteiger partial charge in [-0.3, -0.25) is 0 Å². The van der Waals surface area contributed by atoms with Crippen LogP contribution in [-0.2, 0) is 12.3 Å². The summed E-state index contributed by atoms with van der Waals surface area (Å²) < 4.78 is 13.2. The van der Waals surface area contributed by atoms with E-state index in [1.165, 1.54) is 25.3 Å². The average Bonchev–Trinajstić information content (AvgIpc) is 2.28. The fourth-order valence-electron chi connectivity index (χ4n) is 1.56. The number of halogens is 1. The first-order valence-electron chi connectivity index (χ1n) is 5.82. The molecule has 0 bridgehead atoms. The van der Waals surface area contributed by atoms with Crippen molar-refractivity contribution in [3.63, 3.8) is 0 Å². The summed E-state index contributed by atoms with van der Waals surface area (Å²) in [6.45, 7) is 2.61. The van der Waals surface area contributed by atoms with Gasteiger partial charge in [-0.1, -0.05) is 25.8 Å². The number of hydrogen-bond acceptors (Lipinski definition) is 2. The van der Waals surface area contributed by atoms with Crippen LogP contribution in [-0.4, -0.2) is 5.75 Å². The molecule has 90 valence electrons. The molecule has 3 heteroatoms. The summed E-state index contributed by atoms with van der Waals surface area (Å²) in [5.41, 5.74) is 7.43. The van der Waals surface area contributed by atoms with Crippen molar-refractivity contribution in [2.75, 3.05) is 5.75 Å². The van der Waals surface area contributed by atoms with E-state index < -0.39 is 0 Å². The van der Waals surface area contributed by atoms with E-state index in [4.69, 9.17) is 5.73 Å². The highest BCUT2D eigenvalue weighted by atomic mass is 32.2. The molecule has 0 aliphatic carbocycles. The molecule has 0 saturated heterocycles. The Morgan fingerprint density at radius 2 is 1.94 bits per heavy atom. The van der Waals surface area contributed by atoms with Gasteiger partial charge in [0.25, 0.3) is 0 Å². The lowest BCUT2D eigenvalue weighted by Gasteiger charge is -2.04. The van der Waals surface area contributed by atoms with Crippen molar-refractivity contribution in [3.05, 3.63) is 35.1 Å². The SMILES string of the molecule is CCCCCSCc1cc(F)cc(CN)c1. The molecule has 0 amide bonds. The highest BCUT2D eigenvalue weighted by Crippen LogP contribution is 2.17. The van der Waals surface area contributed by atoms with Gasteiger partial charge in [-0.05, 0) is 35.4 Å². The lowest BCUT2D eigenvalue weighted by atomic mass is 10.1. The number of nitrogens with two attached hydrogens (primary N) is 1. The van der Waals surface area contributed by atoms with Gasteiger partial charge in [-0.15, -0.1) is 0 Å². The van der Waals surface area contributed by atoms with E-state index in [0.29, 0.717) is 6.54 Å². The Morgan fingerprint density at radius 1 is 1.19 bits per heavy atom. The summed E-state index contributed by atoms with van der Waals surface area (Å²) in [7, 11) is 0. The molecule has 16 heavy (non-hydrogen) atoms. The average molecular weight is 241 g/mol. The third-order valence-electron chi connectivity index (χ3n) is 2.41. The van der Waals surface area contributed by atoms with Crippen molar-refractivity contribution in [1.29, 1.82) is 0 Å². The fourth-order valence-corrected chi connectivity index (χ4v) is 2.52. The standard InChI is InChI=1S/C13H20FNS/c1-2-3-4-5-16-10-12-6-11(9-15)7-13(14)8-12/h6-8H,2-5,9-10,15H2,1H3. The zero-order valence-electron chi connectivity index (χ0n) is 9.84. The molecular formula is C13H20FNS. The second-order valence-electron chi connectivity index (χ2n) is 3.93. The first kappa shape index (κ1) is 13.5. The molecule has 1 aromatic carbocycles. The first-order valence-corrected chi connectivity index (χ1v) is 6.98. The number of benzene rings is 1. The van der Waals surface area contributed by atoms with Gasteiger partial charge in [-0.2, -0.15) is 11.8 Å². The van der Waals surface area contributed by atoms with Crippen LogP contribution in [0.5, 0.6) is 0 Å². The number of hydrogen-bond donors (Lipinski definition) is 1. The van der Waals surface area contributed by atoms with Crippen LogP contribution in [0.3, 0.4) is 0 Å². The predicted molar refractivity (Wildman–Crippen MR) is 70.0 cm³/mol. The number of unbranched alkanes of at least 4 members (excludes halogenated alkanes) is 2. The van der Waals surface area contributed by atoms with Crippen molar-refractivity contribution in [3.8, 4) is 0 Å². The summed E-state index contributed by atoms with van der Waals surface area (Å²) in [6, 6.07) is 5.10. The minimum Gasteiger partial charge on any atom is -0.326 e. The summed E-state index contributed by atoms with van der Waals surface area (Å²) in [6.07, 6.45) is 3.78. The first-order chi connectivity index (χ1) is 7.76. The van der Waals surface area contributed by atoms with E-state index in [2.05, 4.69) is 6.92 Å². The molecule has 2 N–H and O–H groups in total. The summed E-state index contributed by atoms with van der Waals surface area (Å²) >= 11 is 1.87. The highest BCUT2D eigenvalue weighted by Gasteiger charge is 2.00. The molecule has 1 rings (SSSR count). The number of thioether (sulfide) groups is 1. The Kier molecular flexibility index (Phi) is 6.50. The van der Waals surface area contributed by atoms with Gasteiger partial charge in [0.2, 0.25) is 0 Å². The molecule has 0 saturated carbocycles. The Morgan fingerprint density at radius 3 is 2.62 bits per heavy atom. The Bertz CT molecular complexity index is 315. The Labute approximate surface area is 102 Å². The quantitative estimate of drug-likeness (QED) is 0.736. The zero-order valence-corrected chi connectivity index (χ0v) is 10.7. The normalized spacial score (nSPS) is 10.7. The Hall–Kier alpha value is -0.540. The van der Waals surface area contributed by atoms with Crippen LogP contribution < -0.4 is 5.73 Å². The van der Waals surface area contributed by atoms with Crippen LogP contribution in [0, 0.1) is 5.82 Å². The third kappa shape index (κ3) is 4.99. The van der Waals surface area contributed by atoms with Crippen LogP contribution in [0.25, 0.3) is 0 Å². The van der Waals surface area contributed by atoms with Crippen molar-refractivity contribution in [2.24, 2.45) is 5.73 Å². The van der Waals surface area contributed by atoms with Crippen LogP contribution in [0.1, 0.15) is 37.3 Å². The van der Waals surface area contributed by atoms with Gasteiger partial charge >= 0.3 is 0 Å². The van der Waals surface area contributed by atoms with Gasteiger partial charge in [0.1, 0.15) is 5.82 Å². The molecule has 0 heterocycles. The van der Waals surface area contributed by atoms with Gasteiger partial charge in [0, 0.05) is 12.3 Å². The van der Waals surface area contributed by atoms with Gasteiger partial charge in [0.15, 0.2) is 0 Å². The monoisotopic (exact) mass is 241 g/mol. The molecule has 0 spiro atoms. The molecule has 1 aromatic rings. The van der Waals surface area contributed by atoms with Crippen molar-refractivity contribution in [1.82, 2.24) is 0 Å². The maximum atomic E-state index is 13.2. The molecule has 0 aliphatic heterocycles. The highest BCUT2D eigenvalue weighted by molar-refractivity contribution is 7.98. The van der Waals surface area contributed by atoms with E-state index in [-0.39, 0.29) is 5.82 Å². The molecule has 0 aliphatic rings. The van der Waals surface area contributed by atoms with E-state index in [1.807, 2.05) is 17.8 Å². The maximum Gasteiger partial charge on any atom is 0.123 e. The summed E-state index contributed by atoms with van der Waals surface area (Å²) in [4.78, 5) is 0. The molecule has 0 unspecified atom stereocenters. The predicted octanol–water partition coefficient (Wildman–Crippen LogP) is 3.71. The lowest BCUT2D eigenvalue weighted by molar-refractivity contribution is 0.624. The second kappa shape index (κ2) is 7.69. The Balaban J connectivity index is 2.38. The van der Waals surface area contributed by atoms with Crippen LogP contribution in [0.4, 0.5) is 4.39 Å². The molecule has 0 atom stereocenters. The van der Waals surface area contributed by atoms with E-state index in [9.17, 15) is 4.39 Å². The van der Waals surface area contributed by atoms with Crippen LogP contribution in [0.15, 0.2) is 18.2 Å². The van der Waals surface area contributed by atoms with Crippen molar-refractivity contribution < 1.29 is 4.39 Å². The largest absolute Gasteiger partial charge is 0.326 e. The summed E-state index contributed by atoms with van der Waals surface area (Å²) in [5, 5.41) is 0. The van der Waals surface area contributed by atoms with E-state index in [1.54, 1.807) is 6.07 Å². The third-order valence-corrected chi connectivity index (χ3v) is 3.53. The zero-order chi connectivity index (χ0) is 11.8. The van der Waals surface area contributed by atoms with Gasteiger partial charge in [0.05, 0.1) is 0 Å². The van der Waals surface area contributed by atoms with Gasteiger partial charge < -0.3 is 5.73 Å². The van der Waals surface area contributed by atoms with Crippen molar-refractivity contribution >= 4 is 11.8 Å². The van der Waals surface area contributed by atoms with Crippen LogP contribution in [0.2, 0.25) is 0 Å². The van der Waals surface area contributed by atoms with Crippen molar-refractivity contribution in [2.45, 2.75) is 38.5 Å².